The molecule has 2 atom stereocenters. The highest BCUT2D eigenvalue weighted by Crippen LogP contribution is 2.30. The van der Waals surface area contributed by atoms with Crippen LogP contribution < -0.4 is 5.32 Å². The first-order valence-corrected chi connectivity index (χ1v) is 8.12. The van der Waals surface area contributed by atoms with Crippen molar-refractivity contribution >= 4 is 28.2 Å². The average molecular weight is 309 g/mol. The van der Waals surface area contributed by atoms with Crippen molar-refractivity contribution < 1.29 is 14.7 Å². The Morgan fingerprint density at radius 3 is 2.86 bits per heavy atom. The fourth-order valence-electron chi connectivity index (χ4n) is 3.30. The van der Waals surface area contributed by atoms with Crippen LogP contribution in [0.15, 0.2) is 0 Å². The fourth-order valence-corrected chi connectivity index (χ4v) is 4.22. The molecule has 114 valence electrons. The molecule has 0 radical (unpaired) electrons. The molecule has 3 heterocycles. The number of fused-ring (bicyclic) bond motifs is 1. The van der Waals surface area contributed by atoms with Crippen LogP contribution >= 0.6 is 11.3 Å². The smallest absolute Gasteiger partial charge is 0.356 e. The lowest BCUT2D eigenvalue weighted by Gasteiger charge is -2.35. The van der Waals surface area contributed by atoms with Gasteiger partial charge in [0.05, 0.1) is 0 Å². The summed E-state index contributed by atoms with van der Waals surface area (Å²) >= 11 is 1.15. The molecule has 0 amide bonds. The molecule has 0 saturated carbocycles. The predicted molar refractivity (Wildman–Crippen MR) is 80.3 cm³/mol. The molecule has 0 aromatic carbocycles. The predicted octanol–water partition coefficient (Wildman–Crippen LogP) is 2.08. The topological polar surface area (TPSA) is 82.5 Å². The molecule has 1 aromatic rings. The molecule has 7 heteroatoms. The van der Waals surface area contributed by atoms with Crippen LogP contribution in [0.2, 0.25) is 0 Å². The third-order valence-corrected chi connectivity index (χ3v) is 5.38. The van der Waals surface area contributed by atoms with Crippen LogP contribution in [0.4, 0.5) is 5.13 Å². The molecule has 2 aliphatic heterocycles. The van der Waals surface area contributed by atoms with Crippen LogP contribution in [-0.2, 0) is 0 Å². The zero-order valence-electron chi connectivity index (χ0n) is 12.0. The molecule has 2 fully saturated rings. The molecule has 6 nitrogen and oxygen atoms in total. The highest BCUT2D eigenvalue weighted by atomic mass is 32.1. The molecular formula is C14H19N3O3S. The molecule has 21 heavy (non-hydrogen) atoms. The second-order valence-electron chi connectivity index (χ2n) is 5.76. The van der Waals surface area contributed by atoms with Crippen molar-refractivity contribution in [2.45, 2.75) is 44.7 Å². The van der Waals surface area contributed by atoms with E-state index < -0.39 is 5.97 Å². The van der Waals surface area contributed by atoms with Gasteiger partial charge in [-0.15, -0.1) is 0 Å². The molecule has 2 saturated heterocycles. The summed E-state index contributed by atoms with van der Waals surface area (Å²) in [7, 11) is 0. The number of carbonyl (C=O) groups excluding carboxylic acids is 1. The third kappa shape index (κ3) is 2.94. The number of carboxylic acids is 1. The Labute approximate surface area is 127 Å². The maximum Gasteiger partial charge on any atom is 0.356 e. The first kappa shape index (κ1) is 14.5. The number of anilines is 1. The van der Waals surface area contributed by atoms with Gasteiger partial charge in [0.15, 0.2) is 16.6 Å². The number of thiazole rings is 1. The van der Waals surface area contributed by atoms with E-state index in [1.807, 2.05) is 0 Å². The van der Waals surface area contributed by atoms with Gasteiger partial charge in [0.25, 0.3) is 0 Å². The van der Waals surface area contributed by atoms with E-state index in [-0.39, 0.29) is 16.4 Å². The molecule has 2 aliphatic rings. The molecule has 3 rings (SSSR count). The third-order valence-electron chi connectivity index (χ3n) is 4.30. The lowest BCUT2D eigenvalue weighted by molar-refractivity contribution is 0.0687. The van der Waals surface area contributed by atoms with Crippen molar-refractivity contribution in [2.24, 2.45) is 0 Å². The monoisotopic (exact) mass is 309 g/mol. The van der Waals surface area contributed by atoms with Crippen molar-refractivity contribution in [2.75, 3.05) is 18.4 Å². The van der Waals surface area contributed by atoms with Gasteiger partial charge in [0.2, 0.25) is 0 Å². The van der Waals surface area contributed by atoms with Crippen LogP contribution in [0.5, 0.6) is 0 Å². The zero-order chi connectivity index (χ0) is 15.0. The Hall–Kier alpha value is -1.47. The van der Waals surface area contributed by atoms with Gasteiger partial charge < -0.3 is 15.3 Å². The summed E-state index contributed by atoms with van der Waals surface area (Å²) in [4.78, 5) is 29.5. The van der Waals surface area contributed by atoms with Crippen molar-refractivity contribution in [3.05, 3.63) is 10.6 Å². The number of nitrogens with one attached hydrogen (secondary N) is 1. The van der Waals surface area contributed by atoms with Gasteiger partial charge in [0.1, 0.15) is 4.88 Å². The van der Waals surface area contributed by atoms with Crippen molar-refractivity contribution in [3.63, 3.8) is 0 Å². The highest BCUT2D eigenvalue weighted by molar-refractivity contribution is 7.17. The van der Waals surface area contributed by atoms with Gasteiger partial charge in [-0.2, -0.15) is 0 Å². The molecule has 2 unspecified atom stereocenters. The van der Waals surface area contributed by atoms with E-state index in [4.69, 9.17) is 5.11 Å². The standard InChI is InChI=1S/C14H19N3O3S/c1-8(18)12-11(13(19)20)16-14(21-12)15-9-4-6-17-5-2-3-10(17)7-9/h9-10H,2-7H2,1H3,(H,15,16)(H,19,20). The number of hydrogen-bond donors (Lipinski definition) is 2. The van der Waals surface area contributed by atoms with Crippen molar-refractivity contribution in [1.82, 2.24) is 9.88 Å². The summed E-state index contributed by atoms with van der Waals surface area (Å²) < 4.78 is 0. The quantitative estimate of drug-likeness (QED) is 0.829. The van der Waals surface area contributed by atoms with E-state index >= 15 is 0 Å². The minimum absolute atomic E-state index is 0.131. The van der Waals surface area contributed by atoms with Crippen molar-refractivity contribution in [3.8, 4) is 0 Å². The largest absolute Gasteiger partial charge is 0.476 e. The SMILES string of the molecule is CC(=O)c1sc(NC2CCN3CCCC3C2)nc1C(=O)O. The van der Waals surface area contributed by atoms with Crippen LogP contribution in [-0.4, -0.2) is 51.9 Å². The Balaban J connectivity index is 1.71. The number of rotatable bonds is 4. The summed E-state index contributed by atoms with van der Waals surface area (Å²) in [5, 5.41) is 13.0. The Kier molecular flexibility index (Phi) is 3.95. The summed E-state index contributed by atoms with van der Waals surface area (Å²) in [5.74, 6) is -1.39. The Bertz CT molecular complexity index is 540. The lowest BCUT2D eigenvalue weighted by Crippen LogP contribution is -2.42. The van der Waals surface area contributed by atoms with E-state index in [2.05, 4.69) is 15.2 Å². The van der Waals surface area contributed by atoms with Crippen LogP contribution in [0.25, 0.3) is 0 Å². The Morgan fingerprint density at radius 2 is 2.19 bits per heavy atom. The van der Waals surface area contributed by atoms with Gasteiger partial charge in [-0.3, -0.25) is 4.79 Å². The van der Waals surface area contributed by atoms with E-state index in [1.54, 1.807) is 0 Å². The number of nitrogens with zero attached hydrogens (tertiary/aromatic N) is 2. The molecule has 1 aromatic heterocycles. The number of ketones is 1. The number of hydrogen-bond acceptors (Lipinski definition) is 6. The van der Waals surface area contributed by atoms with Crippen LogP contribution in [0, 0.1) is 0 Å². The summed E-state index contributed by atoms with van der Waals surface area (Å²) in [6.45, 7) is 3.66. The first-order valence-electron chi connectivity index (χ1n) is 7.30. The van der Waals surface area contributed by atoms with Crippen LogP contribution in [0.1, 0.15) is 52.8 Å². The molecule has 0 aliphatic carbocycles. The molecule has 0 spiro atoms. The van der Waals surface area contributed by atoms with Gasteiger partial charge >= 0.3 is 5.97 Å². The molecule has 0 bridgehead atoms. The Morgan fingerprint density at radius 1 is 1.38 bits per heavy atom. The first-order chi connectivity index (χ1) is 10.0. The van der Waals surface area contributed by atoms with E-state index in [9.17, 15) is 9.59 Å². The number of aromatic nitrogens is 1. The number of carboxylic acid groups (broad SMARTS) is 1. The summed E-state index contributed by atoms with van der Waals surface area (Å²) in [6.07, 6.45) is 4.62. The number of aromatic carboxylic acids is 1. The van der Waals surface area contributed by atoms with Crippen molar-refractivity contribution in [1.29, 1.82) is 0 Å². The minimum Gasteiger partial charge on any atom is -0.476 e. The summed E-state index contributed by atoms with van der Waals surface area (Å²) in [6, 6.07) is 0.958. The van der Waals surface area contributed by atoms with Gasteiger partial charge in [-0.05, 0) is 32.2 Å². The lowest BCUT2D eigenvalue weighted by atomic mass is 9.98. The normalized spacial score (nSPS) is 25.6. The fraction of sp³-hybridized carbons (Fsp3) is 0.643. The summed E-state index contributed by atoms with van der Waals surface area (Å²) in [5.41, 5.74) is -0.131. The minimum atomic E-state index is -1.14. The average Bonchev–Trinajstić information content (AvgIpc) is 3.04. The van der Waals surface area contributed by atoms with E-state index in [0.717, 1.165) is 30.7 Å². The van der Waals surface area contributed by atoms with E-state index in [1.165, 1.54) is 26.3 Å². The number of carbonyl (C=O) groups is 2. The van der Waals surface area contributed by atoms with E-state index in [0.29, 0.717) is 17.2 Å². The van der Waals surface area contributed by atoms with Gasteiger partial charge in [-0.25, -0.2) is 9.78 Å². The highest BCUT2D eigenvalue weighted by Gasteiger charge is 2.32. The zero-order valence-corrected chi connectivity index (χ0v) is 12.8. The maximum atomic E-state index is 11.5. The second kappa shape index (κ2) is 5.73. The van der Waals surface area contributed by atoms with Crippen LogP contribution in [0.3, 0.4) is 0 Å². The maximum absolute atomic E-state index is 11.5. The second-order valence-corrected chi connectivity index (χ2v) is 6.75. The number of piperidine rings is 1. The number of Topliss-reactive ketones (excluding diaryl/α,β-unsaturated/α-hetero) is 1. The molecule has 2 N–H and O–H groups in total. The van der Waals surface area contributed by atoms with Gasteiger partial charge in [-0.1, -0.05) is 11.3 Å². The molecular weight excluding hydrogens is 290 g/mol. The van der Waals surface area contributed by atoms with Gasteiger partial charge in [0, 0.05) is 25.6 Å².